The Bertz CT molecular complexity index is 489. The summed E-state index contributed by atoms with van der Waals surface area (Å²) in [5.41, 5.74) is 6.61. The molecule has 19 heavy (non-hydrogen) atoms. The molecule has 6 heteroatoms. The molecule has 0 aromatic carbocycles. The van der Waals surface area contributed by atoms with E-state index in [0.29, 0.717) is 18.8 Å². The van der Waals surface area contributed by atoms with E-state index in [4.69, 9.17) is 5.73 Å². The largest absolute Gasteiger partial charge is 0.371 e. The molecule has 0 spiro atoms. The first-order chi connectivity index (χ1) is 9.11. The number of primary amides is 1. The summed E-state index contributed by atoms with van der Waals surface area (Å²) in [7, 11) is 0. The summed E-state index contributed by atoms with van der Waals surface area (Å²) in [6, 6.07) is 3.58. The molecular formula is C13H18N4O2. The van der Waals surface area contributed by atoms with Gasteiger partial charge in [-0.3, -0.25) is 14.6 Å². The maximum Gasteiger partial charge on any atom is 0.269 e. The van der Waals surface area contributed by atoms with Gasteiger partial charge in [0.1, 0.15) is 5.69 Å². The molecule has 0 bridgehead atoms. The topological polar surface area (TPSA) is 88.3 Å². The summed E-state index contributed by atoms with van der Waals surface area (Å²) in [6.07, 6.45) is 2.37. The van der Waals surface area contributed by atoms with Crippen molar-refractivity contribution in [3.8, 4) is 0 Å². The van der Waals surface area contributed by atoms with Crippen LogP contribution in [0, 0.1) is 5.92 Å². The average molecular weight is 262 g/mol. The molecule has 2 rings (SSSR count). The quantitative estimate of drug-likeness (QED) is 0.808. The van der Waals surface area contributed by atoms with Crippen molar-refractivity contribution in [2.75, 3.05) is 24.5 Å². The van der Waals surface area contributed by atoms with E-state index < -0.39 is 0 Å². The van der Waals surface area contributed by atoms with Crippen LogP contribution < -0.4 is 16.0 Å². The minimum absolute atomic E-state index is 0.110. The van der Waals surface area contributed by atoms with E-state index in [1.54, 1.807) is 12.3 Å². The molecule has 1 saturated heterocycles. The number of amides is 2. The molecule has 2 heterocycles. The molecule has 1 aliphatic rings. The van der Waals surface area contributed by atoms with E-state index in [2.05, 4.69) is 15.2 Å². The van der Waals surface area contributed by atoms with Crippen molar-refractivity contribution in [2.45, 2.75) is 13.3 Å². The summed E-state index contributed by atoms with van der Waals surface area (Å²) in [5.74, 6) is -0.559. The van der Waals surface area contributed by atoms with Gasteiger partial charge < -0.3 is 16.0 Å². The number of carbonyl (C=O) groups excluding carboxylic acids is 2. The molecule has 0 saturated carbocycles. The lowest BCUT2D eigenvalue weighted by Gasteiger charge is -2.18. The van der Waals surface area contributed by atoms with Gasteiger partial charge >= 0.3 is 0 Å². The molecule has 1 aliphatic heterocycles. The minimum Gasteiger partial charge on any atom is -0.371 e. The third-order valence-electron chi connectivity index (χ3n) is 3.27. The van der Waals surface area contributed by atoms with E-state index in [0.717, 1.165) is 18.7 Å². The monoisotopic (exact) mass is 262 g/mol. The number of anilines is 1. The first-order valence-electron chi connectivity index (χ1n) is 6.40. The van der Waals surface area contributed by atoms with Crippen LogP contribution in [0.5, 0.6) is 0 Å². The first-order valence-corrected chi connectivity index (χ1v) is 6.40. The van der Waals surface area contributed by atoms with Crippen LogP contribution in [0.15, 0.2) is 18.3 Å². The van der Waals surface area contributed by atoms with Crippen LogP contribution in [0.3, 0.4) is 0 Å². The maximum absolute atomic E-state index is 11.7. The van der Waals surface area contributed by atoms with Gasteiger partial charge in [0.2, 0.25) is 5.91 Å². The molecule has 1 fully saturated rings. The average Bonchev–Trinajstić information content (AvgIpc) is 2.89. The third-order valence-corrected chi connectivity index (χ3v) is 3.27. The predicted molar refractivity (Wildman–Crippen MR) is 71.8 cm³/mol. The van der Waals surface area contributed by atoms with E-state index in [-0.39, 0.29) is 17.7 Å². The van der Waals surface area contributed by atoms with Gasteiger partial charge in [-0.1, -0.05) is 0 Å². The summed E-state index contributed by atoms with van der Waals surface area (Å²) in [6.45, 7) is 3.80. The van der Waals surface area contributed by atoms with E-state index >= 15 is 0 Å². The van der Waals surface area contributed by atoms with Crippen LogP contribution in [0.25, 0.3) is 0 Å². The Hall–Kier alpha value is -2.11. The Kier molecular flexibility index (Phi) is 3.99. The second-order valence-electron chi connectivity index (χ2n) is 4.59. The highest BCUT2D eigenvalue weighted by Gasteiger charge is 2.27. The fourth-order valence-corrected chi connectivity index (χ4v) is 2.22. The van der Waals surface area contributed by atoms with Gasteiger partial charge in [-0.2, -0.15) is 0 Å². The fourth-order valence-electron chi connectivity index (χ4n) is 2.22. The lowest BCUT2D eigenvalue weighted by atomic mass is 10.1. The zero-order valence-corrected chi connectivity index (χ0v) is 10.9. The van der Waals surface area contributed by atoms with Gasteiger partial charge in [0, 0.05) is 31.5 Å². The number of nitrogens with two attached hydrogens (primary N) is 1. The number of carbonyl (C=O) groups is 2. The van der Waals surface area contributed by atoms with Crippen molar-refractivity contribution in [1.82, 2.24) is 10.3 Å². The van der Waals surface area contributed by atoms with Crippen LogP contribution in [0.4, 0.5) is 5.69 Å². The molecule has 102 valence electrons. The lowest BCUT2D eigenvalue weighted by Crippen LogP contribution is -2.28. The van der Waals surface area contributed by atoms with Gasteiger partial charge in [0.05, 0.1) is 5.92 Å². The minimum atomic E-state index is -0.263. The molecule has 0 aliphatic carbocycles. The van der Waals surface area contributed by atoms with Crippen LogP contribution in [0.1, 0.15) is 23.8 Å². The summed E-state index contributed by atoms with van der Waals surface area (Å²) < 4.78 is 0. The SMILES string of the molecule is CCNC(=O)c1cc(N2CC[C@H](C(N)=O)C2)ccn1. The standard InChI is InChI=1S/C13H18N4O2/c1-2-15-13(19)11-7-10(3-5-16-11)17-6-4-9(8-17)12(14)18/h3,5,7,9H,2,4,6,8H2,1H3,(H2,14,18)(H,15,19)/t9-/m0/s1. The van der Waals surface area contributed by atoms with Gasteiger partial charge in [0.15, 0.2) is 0 Å². The maximum atomic E-state index is 11.7. The Morgan fingerprint density at radius 3 is 3.00 bits per heavy atom. The van der Waals surface area contributed by atoms with Crippen LogP contribution in [0.2, 0.25) is 0 Å². The van der Waals surface area contributed by atoms with Crippen LogP contribution in [-0.4, -0.2) is 36.4 Å². The Morgan fingerprint density at radius 1 is 1.58 bits per heavy atom. The molecule has 1 aromatic heterocycles. The molecule has 1 aromatic rings. The number of hydrogen-bond acceptors (Lipinski definition) is 4. The van der Waals surface area contributed by atoms with Crippen LogP contribution in [-0.2, 0) is 4.79 Å². The normalized spacial score (nSPS) is 18.4. The van der Waals surface area contributed by atoms with Crippen LogP contribution >= 0.6 is 0 Å². The molecule has 2 amide bonds. The number of rotatable bonds is 4. The number of aromatic nitrogens is 1. The van der Waals surface area contributed by atoms with Gasteiger partial charge in [0.25, 0.3) is 5.91 Å². The first kappa shape index (κ1) is 13.3. The number of hydrogen-bond donors (Lipinski definition) is 2. The van der Waals surface area contributed by atoms with Crippen molar-refractivity contribution in [1.29, 1.82) is 0 Å². The van der Waals surface area contributed by atoms with Gasteiger partial charge in [-0.05, 0) is 25.5 Å². The van der Waals surface area contributed by atoms with Crippen molar-refractivity contribution in [2.24, 2.45) is 11.7 Å². The second-order valence-corrected chi connectivity index (χ2v) is 4.59. The molecule has 6 nitrogen and oxygen atoms in total. The Balaban J connectivity index is 2.11. The highest BCUT2D eigenvalue weighted by atomic mass is 16.2. The Morgan fingerprint density at radius 2 is 2.37 bits per heavy atom. The van der Waals surface area contributed by atoms with Gasteiger partial charge in [-0.15, -0.1) is 0 Å². The number of nitrogens with zero attached hydrogens (tertiary/aromatic N) is 2. The van der Waals surface area contributed by atoms with Gasteiger partial charge in [-0.25, -0.2) is 0 Å². The number of nitrogens with one attached hydrogen (secondary N) is 1. The smallest absolute Gasteiger partial charge is 0.269 e. The van der Waals surface area contributed by atoms with Crippen molar-refractivity contribution in [3.63, 3.8) is 0 Å². The fraction of sp³-hybridized carbons (Fsp3) is 0.462. The zero-order chi connectivity index (χ0) is 13.8. The summed E-state index contributed by atoms with van der Waals surface area (Å²) >= 11 is 0. The highest BCUT2D eigenvalue weighted by molar-refractivity contribution is 5.93. The Labute approximate surface area is 112 Å². The lowest BCUT2D eigenvalue weighted by molar-refractivity contribution is -0.121. The van der Waals surface area contributed by atoms with Crippen molar-refractivity contribution >= 4 is 17.5 Å². The summed E-state index contributed by atoms with van der Waals surface area (Å²) in [4.78, 5) is 29.0. The van der Waals surface area contributed by atoms with E-state index in [1.165, 1.54) is 0 Å². The van der Waals surface area contributed by atoms with E-state index in [9.17, 15) is 9.59 Å². The second kappa shape index (κ2) is 5.69. The molecule has 3 N–H and O–H groups in total. The highest BCUT2D eigenvalue weighted by Crippen LogP contribution is 2.23. The predicted octanol–water partition coefficient (Wildman–Crippen LogP) is 0.143. The van der Waals surface area contributed by atoms with Crippen molar-refractivity contribution < 1.29 is 9.59 Å². The third kappa shape index (κ3) is 3.01. The molecule has 1 atom stereocenters. The molecular weight excluding hydrogens is 244 g/mol. The van der Waals surface area contributed by atoms with Crippen molar-refractivity contribution in [3.05, 3.63) is 24.0 Å². The molecule has 0 unspecified atom stereocenters. The number of pyridine rings is 1. The summed E-state index contributed by atoms with van der Waals surface area (Å²) in [5, 5.41) is 2.71. The molecule has 0 radical (unpaired) electrons. The van der Waals surface area contributed by atoms with E-state index in [1.807, 2.05) is 13.0 Å². The zero-order valence-electron chi connectivity index (χ0n) is 10.9.